The second kappa shape index (κ2) is 4.10. The molecule has 5 heteroatoms. The molecule has 0 bridgehead atoms. The molecule has 0 saturated carbocycles. The van der Waals surface area contributed by atoms with Crippen molar-refractivity contribution in [3.63, 3.8) is 0 Å². The number of hydrogen-bond acceptors (Lipinski definition) is 3. The lowest BCUT2D eigenvalue weighted by atomic mass is 10.1. The van der Waals surface area contributed by atoms with Gasteiger partial charge in [-0.15, -0.1) is 0 Å². The van der Waals surface area contributed by atoms with Crippen LogP contribution in [0.15, 0.2) is 30.5 Å². The number of allylic oxidation sites excluding steroid dienone is 1. The number of non-ortho nitro benzene ring substituents is 1. The van der Waals surface area contributed by atoms with Crippen LogP contribution in [0.3, 0.4) is 0 Å². The molecule has 0 amide bonds. The van der Waals surface area contributed by atoms with E-state index in [1.54, 1.807) is 12.1 Å². The van der Waals surface area contributed by atoms with Gasteiger partial charge in [-0.3, -0.25) is 15.2 Å². The van der Waals surface area contributed by atoms with Crippen LogP contribution in [0.4, 0.5) is 5.69 Å². The smallest absolute Gasteiger partial charge is 0.270 e. The number of hydrogen-bond donors (Lipinski definition) is 1. The molecule has 0 unspecified atom stereocenters. The number of aryl methyl sites for hydroxylation is 1. The number of aromatic nitrogens is 2. The molecule has 0 saturated heterocycles. The number of nitrogens with zero attached hydrogens (tertiary/aromatic N) is 2. The monoisotopic (exact) mass is 241 g/mol. The molecule has 18 heavy (non-hydrogen) atoms. The van der Waals surface area contributed by atoms with Gasteiger partial charge in [-0.2, -0.15) is 5.10 Å². The van der Waals surface area contributed by atoms with Gasteiger partial charge >= 0.3 is 0 Å². The van der Waals surface area contributed by atoms with E-state index < -0.39 is 0 Å². The fourth-order valence-corrected chi connectivity index (χ4v) is 2.25. The van der Waals surface area contributed by atoms with E-state index in [1.807, 2.05) is 18.3 Å². The van der Waals surface area contributed by atoms with Gasteiger partial charge in [-0.1, -0.05) is 12.1 Å². The first-order chi connectivity index (χ1) is 8.74. The molecule has 1 aliphatic carbocycles. The van der Waals surface area contributed by atoms with Crippen LogP contribution in [-0.4, -0.2) is 15.1 Å². The summed E-state index contributed by atoms with van der Waals surface area (Å²) in [5.74, 6) is 0. The average molecular weight is 241 g/mol. The van der Waals surface area contributed by atoms with Crippen LogP contribution in [0.25, 0.3) is 11.6 Å². The molecule has 0 atom stereocenters. The van der Waals surface area contributed by atoms with Crippen molar-refractivity contribution in [2.24, 2.45) is 0 Å². The number of nitro benzene ring substituents is 1. The Balaban J connectivity index is 1.98. The van der Waals surface area contributed by atoms with Crippen molar-refractivity contribution in [3.8, 4) is 0 Å². The van der Waals surface area contributed by atoms with E-state index in [2.05, 4.69) is 10.2 Å². The first kappa shape index (κ1) is 10.7. The van der Waals surface area contributed by atoms with Gasteiger partial charge in [0.1, 0.15) is 0 Å². The van der Waals surface area contributed by atoms with Crippen molar-refractivity contribution in [2.75, 3.05) is 0 Å². The summed E-state index contributed by atoms with van der Waals surface area (Å²) in [6, 6.07) is 6.65. The summed E-state index contributed by atoms with van der Waals surface area (Å²) in [7, 11) is 0. The maximum atomic E-state index is 10.7. The summed E-state index contributed by atoms with van der Waals surface area (Å²) < 4.78 is 0. The van der Waals surface area contributed by atoms with Crippen LogP contribution in [0.5, 0.6) is 0 Å². The summed E-state index contributed by atoms with van der Waals surface area (Å²) >= 11 is 0. The highest BCUT2D eigenvalue weighted by molar-refractivity contribution is 5.83. The molecule has 0 aliphatic heterocycles. The van der Waals surface area contributed by atoms with Gasteiger partial charge in [-0.25, -0.2) is 0 Å². The molecule has 1 aliphatic rings. The summed E-state index contributed by atoms with van der Waals surface area (Å²) in [6.07, 6.45) is 5.75. The van der Waals surface area contributed by atoms with Crippen LogP contribution in [0.2, 0.25) is 0 Å². The number of nitro groups is 1. The third kappa shape index (κ3) is 1.79. The van der Waals surface area contributed by atoms with Crippen LogP contribution < -0.4 is 0 Å². The number of nitrogens with one attached hydrogen (secondary N) is 1. The summed E-state index contributed by atoms with van der Waals surface area (Å²) in [4.78, 5) is 10.3. The Hall–Kier alpha value is -2.43. The fraction of sp³-hybridized carbons (Fsp3) is 0.154. The Morgan fingerprint density at radius 3 is 3.11 bits per heavy atom. The predicted molar refractivity (Wildman–Crippen MR) is 67.9 cm³/mol. The first-order valence-corrected chi connectivity index (χ1v) is 5.72. The van der Waals surface area contributed by atoms with E-state index in [9.17, 15) is 10.1 Å². The van der Waals surface area contributed by atoms with Crippen LogP contribution in [0, 0.1) is 10.1 Å². The highest BCUT2D eigenvalue weighted by atomic mass is 16.6. The SMILES string of the molecule is O=[N+]([O-])c1cccc(/C=C2/CCc3cn[nH]c32)c1. The Labute approximate surface area is 103 Å². The topological polar surface area (TPSA) is 71.8 Å². The predicted octanol–water partition coefficient (Wildman–Crippen LogP) is 2.80. The van der Waals surface area contributed by atoms with E-state index >= 15 is 0 Å². The molecule has 1 N–H and O–H groups in total. The van der Waals surface area contributed by atoms with Crippen molar-refractivity contribution in [1.29, 1.82) is 0 Å². The quantitative estimate of drug-likeness (QED) is 0.649. The molecule has 5 nitrogen and oxygen atoms in total. The second-order valence-corrected chi connectivity index (χ2v) is 4.29. The van der Waals surface area contributed by atoms with Gasteiger partial charge in [0.2, 0.25) is 0 Å². The van der Waals surface area contributed by atoms with E-state index in [0.717, 1.165) is 29.7 Å². The maximum Gasteiger partial charge on any atom is 0.270 e. The highest BCUT2D eigenvalue weighted by Crippen LogP contribution is 2.32. The van der Waals surface area contributed by atoms with E-state index in [0.29, 0.717) is 0 Å². The summed E-state index contributed by atoms with van der Waals surface area (Å²) in [5, 5.41) is 17.7. The molecule has 0 spiro atoms. The summed E-state index contributed by atoms with van der Waals surface area (Å²) in [5.41, 5.74) is 4.39. The van der Waals surface area contributed by atoms with Crippen LogP contribution in [0.1, 0.15) is 23.2 Å². The Bertz CT molecular complexity index is 643. The number of rotatable bonds is 2. The van der Waals surface area contributed by atoms with E-state index in [1.165, 1.54) is 11.6 Å². The molecule has 2 aromatic rings. The van der Waals surface area contributed by atoms with E-state index in [-0.39, 0.29) is 10.6 Å². The second-order valence-electron chi connectivity index (χ2n) is 4.29. The molecule has 1 heterocycles. The molecule has 0 fully saturated rings. The van der Waals surface area contributed by atoms with Crippen molar-refractivity contribution < 1.29 is 4.92 Å². The van der Waals surface area contributed by atoms with Crippen molar-refractivity contribution in [3.05, 3.63) is 57.4 Å². The third-order valence-corrected chi connectivity index (χ3v) is 3.12. The standard InChI is InChI=1S/C13H11N3O2/c17-16(18)12-3-1-2-9(7-12)6-10-4-5-11-8-14-15-13(10)11/h1-3,6-8H,4-5H2,(H,14,15)/b10-6-. The van der Waals surface area contributed by atoms with Crippen LogP contribution in [-0.2, 0) is 6.42 Å². The Morgan fingerprint density at radius 1 is 1.39 bits per heavy atom. The van der Waals surface area contributed by atoms with Crippen molar-refractivity contribution in [1.82, 2.24) is 10.2 Å². The molecular formula is C13H11N3O2. The third-order valence-electron chi connectivity index (χ3n) is 3.12. The lowest BCUT2D eigenvalue weighted by molar-refractivity contribution is -0.384. The first-order valence-electron chi connectivity index (χ1n) is 5.72. The minimum absolute atomic E-state index is 0.118. The lowest BCUT2D eigenvalue weighted by Gasteiger charge is -1.98. The number of H-pyrrole nitrogens is 1. The zero-order chi connectivity index (χ0) is 12.5. The number of benzene rings is 1. The van der Waals surface area contributed by atoms with Crippen molar-refractivity contribution in [2.45, 2.75) is 12.8 Å². The largest absolute Gasteiger partial charge is 0.278 e. The minimum Gasteiger partial charge on any atom is -0.278 e. The molecule has 90 valence electrons. The molecule has 1 aromatic heterocycles. The summed E-state index contributed by atoms with van der Waals surface area (Å²) in [6.45, 7) is 0. The van der Waals surface area contributed by atoms with Gasteiger partial charge < -0.3 is 0 Å². The maximum absolute atomic E-state index is 10.7. The van der Waals surface area contributed by atoms with Crippen molar-refractivity contribution >= 4 is 17.3 Å². The van der Waals surface area contributed by atoms with Gasteiger partial charge in [0.15, 0.2) is 0 Å². The minimum atomic E-state index is -0.377. The highest BCUT2D eigenvalue weighted by Gasteiger charge is 2.18. The van der Waals surface area contributed by atoms with Gasteiger partial charge in [0.25, 0.3) is 5.69 Å². The molecule has 0 radical (unpaired) electrons. The average Bonchev–Trinajstić information content (AvgIpc) is 2.94. The normalized spacial score (nSPS) is 15.9. The molecule has 1 aromatic carbocycles. The van der Waals surface area contributed by atoms with E-state index in [4.69, 9.17) is 0 Å². The zero-order valence-electron chi connectivity index (χ0n) is 9.59. The Morgan fingerprint density at radius 2 is 2.28 bits per heavy atom. The zero-order valence-corrected chi connectivity index (χ0v) is 9.59. The van der Waals surface area contributed by atoms with Gasteiger partial charge in [-0.05, 0) is 35.6 Å². The lowest BCUT2D eigenvalue weighted by Crippen LogP contribution is -1.88. The van der Waals surface area contributed by atoms with Gasteiger partial charge in [0, 0.05) is 12.1 Å². The molecule has 3 rings (SSSR count). The number of fused-ring (bicyclic) bond motifs is 1. The number of aromatic amines is 1. The molecular weight excluding hydrogens is 230 g/mol. The fourth-order valence-electron chi connectivity index (χ4n) is 2.25. The van der Waals surface area contributed by atoms with Crippen LogP contribution >= 0.6 is 0 Å². The Kier molecular flexibility index (Phi) is 2.44. The van der Waals surface area contributed by atoms with Gasteiger partial charge in [0.05, 0.1) is 16.8 Å².